The highest BCUT2D eigenvalue weighted by atomic mass is 16.7. The molecule has 4 rings (SSSR count). The zero-order chi connectivity index (χ0) is 10.8. The molecule has 16 heavy (non-hydrogen) atoms. The van der Waals surface area contributed by atoms with Gasteiger partial charge in [0.25, 0.3) is 0 Å². The number of rotatable bonds is 3. The predicted molar refractivity (Wildman–Crippen MR) is 56.4 cm³/mol. The van der Waals surface area contributed by atoms with E-state index in [0.717, 1.165) is 35.8 Å². The van der Waals surface area contributed by atoms with Gasteiger partial charge >= 0.3 is 0 Å². The lowest BCUT2D eigenvalue weighted by atomic mass is 10.0. The van der Waals surface area contributed by atoms with E-state index in [9.17, 15) is 4.79 Å². The number of Topliss-reactive ketones (excluding diaryl/α,β-unsaturated/α-hetero) is 1. The topological polar surface area (TPSA) is 35.5 Å². The monoisotopic (exact) mass is 216 g/mol. The van der Waals surface area contributed by atoms with Crippen molar-refractivity contribution in [2.45, 2.75) is 19.3 Å². The van der Waals surface area contributed by atoms with E-state index in [1.165, 1.54) is 0 Å². The van der Waals surface area contributed by atoms with Gasteiger partial charge in [0.1, 0.15) is 5.78 Å². The van der Waals surface area contributed by atoms with Crippen molar-refractivity contribution >= 4 is 5.78 Å². The quantitative estimate of drug-likeness (QED) is 0.774. The zero-order valence-corrected chi connectivity index (χ0v) is 8.86. The van der Waals surface area contributed by atoms with Crippen molar-refractivity contribution in [3.05, 3.63) is 23.8 Å². The molecule has 0 amide bonds. The minimum atomic E-state index is 0.121. The van der Waals surface area contributed by atoms with Gasteiger partial charge in [0.15, 0.2) is 11.5 Å². The zero-order valence-electron chi connectivity index (χ0n) is 8.86. The minimum absolute atomic E-state index is 0.121. The maximum Gasteiger partial charge on any atom is 0.231 e. The van der Waals surface area contributed by atoms with E-state index in [1.807, 2.05) is 18.2 Å². The number of carbonyl (C=O) groups excluding carboxylic acids is 1. The van der Waals surface area contributed by atoms with Crippen molar-refractivity contribution in [2.24, 2.45) is 11.3 Å². The molecular weight excluding hydrogens is 204 g/mol. The lowest BCUT2D eigenvalue weighted by Gasteiger charge is -2.04. The summed E-state index contributed by atoms with van der Waals surface area (Å²) in [5, 5.41) is 0. The summed E-state index contributed by atoms with van der Waals surface area (Å²) in [5.74, 6) is 2.70. The molecule has 0 bridgehead atoms. The molecule has 1 heterocycles. The summed E-state index contributed by atoms with van der Waals surface area (Å²) in [7, 11) is 0. The Labute approximate surface area is 93.4 Å². The SMILES string of the molecule is O=C(Cc1ccc2c(c1)OCO2)C12CC1C2. The van der Waals surface area contributed by atoms with Gasteiger partial charge in [0, 0.05) is 11.8 Å². The Balaban J connectivity index is 1.56. The van der Waals surface area contributed by atoms with Crippen LogP contribution < -0.4 is 9.47 Å². The molecule has 2 saturated carbocycles. The summed E-state index contributed by atoms with van der Waals surface area (Å²) < 4.78 is 10.5. The normalized spacial score (nSPS) is 32.1. The summed E-state index contributed by atoms with van der Waals surface area (Å²) >= 11 is 0. The van der Waals surface area contributed by atoms with Crippen molar-refractivity contribution in [2.75, 3.05) is 6.79 Å². The van der Waals surface area contributed by atoms with E-state index in [1.54, 1.807) is 0 Å². The number of fused-ring (bicyclic) bond motifs is 2. The van der Waals surface area contributed by atoms with Crippen LogP contribution in [0, 0.1) is 11.3 Å². The summed E-state index contributed by atoms with van der Waals surface area (Å²) in [4.78, 5) is 12.0. The molecule has 0 unspecified atom stereocenters. The molecule has 0 aromatic heterocycles. The largest absolute Gasteiger partial charge is 0.454 e. The standard InChI is InChI=1S/C13H12O3/c14-12(13-5-9(13)6-13)4-8-1-2-10-11(3-8)16-7-15-10/h1-3,9H,4-7H2. The van der Waals surface area contributed by atoms with Gasteiger partial charge in [-0.25, -0.2) is 0 Å². The summed E-state index contributed by atoms with van der Waals surface area (Å²) in [5.41, 5.74) is 1.16. The van der Waals surface area contributed by atoms with Crippen LogP contribution >= 0.6 is 0 Å². The van der Waals surface area contributed by atoms with Gasteiger partial charge in [0.05, 0.1) is 0 Å². The summed E-state index contributed by atoms with van der Waals surface area (Å²) in [6.45, 7) is 0.290. The maximum absolute atomic E-state index is 12.0. The van der Waals surface area contributed by atoms with Crippen molar-refractivity contribution in [1.29, 1.82) is 0 Å². The van der Waals surface area contributed by atoms with Crippen LogP contribution in [0.5, 0.6) is 11.5 Å². The van der Waals surface area contributed by atoms with Crippen LogP contribution in [0.2, 0.25) is 0 Å². The number of ether oxygens (including phenoxy) is 2. The molecule has 0 saturated heterocycles. The smallest absolute Gasteiger partial charge is 0.231 e. The van der Waals surface area contributed by atoms with Crippen molar-refractivity contribution in [3.8, 4) is 11.5 Å². The van der Waals surface area contributed by atoms with Crippen LogP contribution in [0.25, 0.3) is 0 Å². The van der Waals surface area contributed by atoms with E-state index >= 15 is 0 Å². The predicted octanol–water partition coefficient (Wildman–Crippen LogP) is 1.94. The fourth-order valence-corrected chi connectivity index (χ4v) is 2.57. The third-order valence-corrected chi connectivity index (χ3v) is 4.04. The minimum Gasteiger partial charge on any atom is -0.454 e. The lowest BCUT2D eigenvalue weighted by molar-refractivity contribution is -0.121. The second-order valence-electron chi connectivity index (χ2n) is 5.05. The first kappa shape index (κ1) is 8.62. The second kappa shape index (κ2) is 2.59. The third-order valence-electron chi connectivity index (χ3n) is 4.04. The van der Waals surface area contributed by atoms with Gasteiger partial charge in [0.2, 0.25) is 6.79 Å². The van der Waals surface area contributed by atoms with Gasteiger partial charge in [-0.3, -0.25) is 4.79 Å². The van der Waals surface area contributed by atoms with Crippen LogP contribution in [0.3, 0.4) is 0 Å². The Bertz CT molecular complexity index is 486. The van der Waals surface area contributed by atoms with Crippen LogP contribution in [0.1, 0.15) is 18.4 Å². The number of hydrogen-bond donors (Lipinski definition) is 0. The molecule has 3 heteroatoms. The van der Waals surface area contributed by atoms with Gasteiger partial charge in [-0.05, 0) is 36.5 Å². The number of benzene rings is 1. The van der Waals surface area contributed by atoms with Gasteiger partial charge in [-0.2, -0.15) is 0 Å². The van der Waals surface area contributed by atoms with Gasteiger partial charge in [-0.1, -0.05) is 6.07 Å². The molecule has 2 aliphatic carbocycles. The Morgan fingerprint density at radius 3 is 2.81 bits per heavy atom. The fourth-order valence-electron chi connectivity index (χ4n) is 2.57. The third kappa shape index (κ3) is 1.06. The molecule has 0 spiro atoms. The van der Waals surface area contributed by atoms with E-state index in [0.29, 0.717) is 19.0 Å². The molecule has 0 radical (unpaired) electrons. The summed E-state index contributed by atoms with van der Waals surface area (Å²) in [6, 6.07) is 5.78. The Hall–Kier alpha value is -1.51. The second-order valence-corrected chi connectivity index (χ2v) is 5.05. The number of carbonyl (C=O) groups is 1. The van der Waals surface area contributed by atoms with E-state index in [4.69, 9.17) is 9.47 Å². The first-order valence-electron chi connectivity index (χ1n) is 5.70. The van der Waals surface area contributed by atoms with Gasteiger partial charge < -0.3 is 9.47 Å². The molecule has 1 aromatic carbocycles. The Morgan fingerprint density at radius 1 is 1.31 bits per heavy atom. The molecule has 3 aliphatic rings. The number of hydrogen-bond acceptors (Lipinski definition) is 3. The molecule has 2 fully saturated rings. The maximum atomic E-state index is 12.0. The molecule has 82 valence electrons. The van der Waals surface area contributed by atoms with Crippen molar-refractivity contribution in [1.82, 2.24) is 0 Å². The molecule has 0 atom stereocenters. The highest BCUT2D eigenvalue weighted by molar-refractivity contribution is 5.93. The first-order valence-corrected chi connectivity index (χ1v) is 5.70. The lowest BCUT2D eigenvalue weighted by Crippen LogP contribution is -2.10. The molecule has 1 aromatic rings. The van der Waals surface area contributed by atoms with Crippen LogP contribution in [-0.2, 0) is 11.2 Å². The van der Waals surface area contributed by atoms with Crippen LogP contribution in [0.4, 0.5) is 0 Å². The van der Waals surface area contributed by atoms with Crippen LogP contribution in [-0.4, -0.2) is 12.6 Å². The molecule has 3 nitrogen and oxygen atoms in total. The van der Waals surface area contributed by atoms with Gasteiger partial charge in [-0.15, -0.1) is 0 Å². The first-order chi connectivity index (χ1) is 7.78. The average molecular weight is 216 g/mol. The highest BCUT2D eigenvalue weighted by Gasteiger charge is 2.73. The Morgan fingerprint density at radius 2 is 2.06 bits per heavy atom. The number of ketones is 1. The average Bonchev–Trinajstić information content (AvgIpc) is 3.06. The molecule has 1 aliphatic heterocycles. The molecular formula is C13H12O3. The summed E-state index contributed by atoms with van der Waals surface area (Å²) in [6.07, 6.45) is 2.82. The molecule has 0 N–H and O–H groups in total. The Kier molecular flexibility index (Phi) is 1.40. The fraction of sp³-hybridized carbons (Fsp3) is 0.462. The van der Waals surface area contributed by atoms with E-state index < -0.39 is 0 Å². The van der Waals surface area contributed by atoms with E-state index in [2.05, 4.69) is 0 Å². The van der Waals surface area contributed by atoms with Crippen molar-refractivity contribution < 1.29 is 14.3 Å². The highest BCUT2D eigenvalue weighted by Crippen LogP contribution is 2.75. The van der Waals surface area contributed by atoms with Crippen LogP contribution in [0.15, 0.2) is 18.2 Å². The van der Waals surface area contributed by atoms with E-state index in [-0.39, 0.29) is 5.41 Å². The van der Waals surface area contributed by atoms with Crippen molar-refractivity contribution in [3.63, 3.8) is 0 Å².